The van der Waals surface area contributed by atoms with Crippen molar-refractivity contribution >= 4 is 16.7 Å². The van der Waals surface area contributed by atoms with Gasteiger partial charge >= 0.3 is 0 Å². The number of carbonyl (C=O) groups excluding carboxylic acids is 1. The summed E-state index contributed by atoms with van der Waals surface area (Å²) in [6.07, 6.45) is 0.731. The van der Waals surface area contributed by atoms with E-state index in [1.165, 1.54) is 21.9 Å². The predicted octanol–water partition coefficient (Wildman–Crippen LogP) is 2.59. The maximum atomic E-state index is 11.4. The number of ether oxygens (including phenoxy) is 1. The van der Waals surface area contributed by atoms with Crippen LogP contribution in [0, 0.1) is 0 Å². The minimum atomic E-state index is -0.0810. The highest BCUT2D eigenvalue weighted by Gasteiger charge is 2.30. The summed E-state index contributed by atoms with van der Waals surface area (Å²) in [6.45, 7) is 1.55. The Morgan fingerprint density at radius 3 is 2.68 bits per heavy atom. The van der Waals surface area contributed by atoms with Gasteiger partial charge in [0.15, 0.2) is 0 Å². The van der Waals surface area contributed by atoms with Crippen molar-refractivity contribution in [3.8, 4) is 0 Å². The standard InChI is InChI=1S/C16H17NO2/c1-10(18)17-14-9-12-7-3-5-11-6-4-8-13(15(11)12)16(14)19-2/h3-8,14,16H,9H2,1-2H3,(H,17,18). The zero-order valence-electron chi connectivity index (χ0n) is 11.1. The SMILES string of the molecule is COC1c2cccc3cccc(c23)CC1NC(C)=O. The molecule has 2 aromatic rings. The van der Waals surface area contributed by atoms with E-state index < -0.39 is 0 Å². The second-order valence-electron chi connectivity index (χ2n) is 5.03. The summed E-state index contributed by atoms with van der Waals surface area (Å²) in [4.78, 5) is 11.4. The average Bonchev–Trinajstić information content (AvgIpc) is 2.39. The van der Waals surface area contributed by atoms with Crippen molar-refractivity contribution in [1.29, 1.82) is 0 Å². The number of benzene rings is 2. The number of amides is 1. The molecule has 0 heterocycles. The second kappa shape index (κ2) is 4.67. The van der Waals surface area contributed by atoms with Gasteiger partial charge in [-0.3, -0.25) is 4.79 Å². The molecule has 2 atom stereocenters. The first-order valence-corrected chi connectivity index (χ1v) is 6.51. The highest BCUT2D eigenvalue weighted by atomic mass is 16.5. The molecule has 0 spiro atoms. The van der Waals surface area contributed by atoms with Crippen LogP contribution < -0.4 is 5.32 Å². The number of hydrogen-bond acceptors (Lipinski definition) is 2. The molecule has 0 fully saturated rings. The zero-order valence-corrected chi connectivity index (χ0v) is 11.1. The lowest BCUT2D eigenvalue weighted by Gasteiger charge is -2.33. The summed E-state index contributed by atoms with van der Waals surface area (Å²) in [5.41, 5.74) is 2.45. The Bertz CT molecular complexity index is 630. The molecule has 1 N–H and O–H groups in total. The van der Waals surface area contributed by atoms with E-state index in [0.717, 1.165) is 6.42 Å². The molecular formula is C16H17NO2. The average molecular weight is 255 g/mol. The molecule has 3 rings (SSSR count). The van der Waals surface area contributed by atoms with Gasteiger partial charge in [0.2, 0.25) is 5.91 Å². The van der Waals surface area contributed by atoms with E-state index in [-0.39, 0.29) is 18.1 Å². The maximum Gasteiger partial charge on any atom is 0.217 e. The van der Waals surface area contributed by atoms with Crippen LogP contribution in [-0.4, -0.2) is 19.1 Å². The van der Waals surface area contributed by atoms with Crippen LogP contribution in [0.3, 0.4) is 0 Å². The Morgan fingerprint density at radius 1 is 1.26 bits per heavy atom. The Labute approximate surface area is 112 Å². The van der Waals surface area contributed by atoms with Crippen LogP contribution in [0.15, 0.2) is 36.4 Å². The van der Waals surface area contributed by atoms with Crippen LogP contribution >= 0.6 is 0 Å². The van der Waals surface area contributed by atoms with Gasteiger partial charge in [-0.2, -0.15) is 0 Å². The molecule has 3 nitrogen and oxygen atoms in total. The lowest BCUT2D eigenvalue weighted by Crippen LogP contribution is -2.42. The first kappa shape index (κ1) is 12.2. The third-order valence-electron chi connectivity index (χ3n) is 3.78. The van der Waals surface area contributed by atoms with Crippen LogP contribution in [0.5, 0.6) is 0 Å². The molecule has 0 saturated heterocycles. The van der Waals surface area contributed by atoms with Gasteiger partial charge < -0.3 is 10.1 Å². The summed E-state index contributed by atoms with van der Waals surface area (Å²) in [7, 11) is 1.70. The van der Waals surface area contributed by atoms with Crippen LogP contribution in [0.1, 0.15) is 24.2 Å². The predicted molar refractivity (Wildman–Crippen MR) is 75.0 cm³/mol. The minimum Gasteiger partial charge on any atom is -0.375 e. The summed E-state index contributed by atoms with van der Waals surface area (Å²) in [5, 5.41) is 5.51. The highest BCUT2D eigenvalue weighted by molar-refractivity contribution is 5.90. The van der Waals surface area contributed by atoms with Gasteiger partial charge in [-0.05, 0) is 28.3 Å². The van der Waals surface area contributed by atoms with Crippen molar-refractivity contribution in [3.63, 3.8) is 0 Å². The third kappa shape index (κ3) is 2.00. The summed E-state index contributed by atoms with van der Waals surface area (Å²) >= 11 is 0. The van der Waals surface area contributed by atoms with Crippen molar-refractivity contribution < 1.29 is 9.53 Å². The fourth-order valence-corrected chi connectivity index (χ4v) is 3.10. The number of carbonyl (C=O) groups is 1. The topological polar surface area (TPSA) is 38.3 Å². The van der Waals surface area contributed by atoms with Crippen molar-refractivity contribution in [2.75, 3.05) is 7.11 Å². The number of rotatable bonds is 2. The van der Waals surface area contributed by atoms with Gasteiger partial charge in [0.25, 0.3) is 0 Å². The highest BCUT2D eigenvalue weighted by Crippen LogP contribution is 2.37. The lowest BCUT2D eigenvalue weighted by molar-refractivity contribution is -0.120. The van der Waals surface area contributed by atoms with Crippen LogP contribution in [0.2, 0.25) is 0 Å². The van der Waals surface area contributed by atoms with E-state index in [9.17, 15) is 4.79 Å². The van der Waals surface area contributed by atoms with Gasteiger partial charge in [-0.1, -0.05) is 36.4 Å². The van der Waals surface area contributed by atoms with Gasteiger partial charge in [-0.15, -0.1) is 0 Å². The minimum absolute atomic E-state index is 0.00278. The molecule has 98 valence electrons. The van der Waals surface area contributed by atoms with Crippen molar-refractivity contribution in [1.82, 2.24) is 5.32 Å². The van der Waals surface area contributed by atoms with Crippen LogP contribution in [-0.2, 0) is 16.0 Å². The molecule has 0 saturated carbocycles. The Kier molecular flexibility index (Phi) is 2.99. The largest absolute Gasteiger partial charge is 0.375 e. The fraction of sp³-hybridized carbons (Fsp3) is 0.312. The monoisotopic (exact) mass is 255 g/mol. The van der Waals surface area contributed by atoms with Gasteiger partial charge in [0, 0.05) is 14.0 Å². The second-order valence-corrected chi connectivity index (χ2v) is 5.03. The third-order valence-corrected chi connectivity index (χ3v) is 3.78. The van der Waals surface area contributed by atoms with Crippen molar-refractivity contribution in [3.05, 3.63) is 47.5 Å². The summed E-state index contributed by atoms with van der Waals surface area (Å²) in [5.74, 6) is -0.0152. The van der Waals surface area contributed by atoms with Crippen molar-refractivity contribution in [2.45, 2.75) is 25.5 Å². The quantitative estimate of drug-likeness (QED) is 0.895. The first-order valence-electron chi connectivity index (χ1n) is 6.51. The first-order chi connectivity index (χ1) is 9.20. The van der Waals surface area contributed by atoms with Gasteiger partial charge in [0.05, 0.1) is 6.04 Å². The van der Waals surface area contributed by atoms with E-state index in [4.69, 9.17) is 4.74 Å². The normalized spacial score (nSPS) is 21.4. The van der Waals surface area contributed by atoms with Gasteiger partial charge in [0.1, 0.15) is 6.10 Å². The smallest absolute Gasteiger partial charge is 0.217 e. The molecule has 0 bridgehead atoms. The Balaban J connectivity index is 2.16. The molecular weight excluding hydrogens is 238 g/mol. The molecule has 1 amide bonds. The molecule has 19 heavy (non-hydrogen) atoms. The molecule has 1 aliphatic carbocycles. The molecule has 0 aliphatic heterocycles. The molecule has 2 aromatic carbocycles. The molecule has 2 unspecified atom stereocenters. The fourth-order valence-electron chi connectivity index (χ4n) is 3.10. The van der Waals surface area contributed by atoms with Crippen molar-refractivity contribution in [2.24, 2.45) is 0 Å². The van der Waals surface area contributed by atoms with E-state index in [1.807, 2.05) is 6.07 Å². The molecule has 3 heteroatoms. The molecule has 0 radical (unpaired) electrons. The summed E-state index contributed by atoms with van der Waals surface area (Å²) < 4.78 is 5.64. The van der Waals surface area contributed by atoms with E-state index in [2.05, 4.69) is 35.6 Å². The number of nitrogens with one attached hydrogen (secondary N) is 1. The maximum absolute atomic E-state index is 11.4. The number of methoxy groups -OCH3 is 1. The van der Waals surface area contributed by atoms with E-state index >= 15 is 0 Å². The molecule has 1 aliphatic rings. The number of hydrogen-bond donors (Lipinski definition) is 1. The molecule has 0 aromatic heterocycles. The van der Waals surface area contributed by atoms with Crippen LogP contribution in [0.4, 0.5) is 0 Å². The van der Waals surface area contributed by atoms with E-state index in [0.29, 0.717) is 0 Å². The summed E-state index contributed by atoms with van der Waals surface area (Å²) in [6, 6.07) is 12.6. The Morgan fingerprint density at radius 2 is 2.00 bits per heavy atom. The van der Waals surface area contributed by atoms with Gasteiger partial charge in [-0.25, -0.2) is 0 Å². The van der Waals surface area contributed by atoms with E-state index in [1.54, 1.807) is 14.0 Å². The lowest BCUT2D eigenvalue weighted by atomic mass is 9.83. The zero-order chi connectivity index (χ0) is 13.4. The Hall–Kier alpha value is -1.87. The van der Waals surface area contributed by atoms with Crippen LogP contribution in [0.25, 0.3) is 10.8 Å².